The first-order chi connectivity index (χ1) is 4.45. The van der Waals surface area contributed by atoms with E-state index in [1.54, 1.807) is 6.92 Å². The Bertz CT molecular complexity index is 117. The highest BCUT2D eigenvalue weighted by Crippen LogP contribution is 2.21. The molecule has 0 aromatic carbocycles. The zero-order chi connectivity index (χ0) is 8.20. The molecule has 0 radical (unpaired) electrons. The normalized spacial score (nSPS) is 11.6. The molecule has 0 saturated heterocycles. The van der Waals surface area contributed by atoms with Gasteiger partial charge in [0, 0.05) is 12.8 Å². The number of Topliss-reactive ketones (excluding diaryl/α,β-unsaturated/α-hetero) is 1. The molecule has 0 aliphatic rings. The first kappa shape index (κ1) is 9.46. The molecule has 0 spiro atoms. The highest BCUT2D eigenvalue weighted by Gasteiger charge is 2.27. The van der Waals surface area contributed by atoms with Crippen LogP contribution < -0.4 is 0 Å². The Kier molecular flexibility index (Phi) is 3.39. The van der Waals surface area contributed by atoms with Gasteiger partial charge >= 0.3 is 6.18 Å². The topological polar surface area (TPSA) is 17.1 Å². The molecule has 0 unspecified atom stereocenters. The smallest absolute Gasteiger partial charge is 0.300 e. The monoisotopic (exact) mass is 154 g/mol. The molecule has 10 heavy (non-hydrogen) atoms. The van der Waals surface area contributed by atoms with Crippen LogP contribution in [-0.4, -0.2) is 12.0 Å². The van der Waals surface area contributed by atoms with E-state index in [4.69, 9.17) is 0 Å². The minimum absolute atomic E-state index is 0.191. The Morgan fingerprint density at radius 1 is 1.40 bits per heavy atom. The summed E-state index contributed by atoms with van der Waals surface area (Å²) in [7, 11) is 0. The van der Waals surface area contributed by atoms with Crippen LogP contribution in [0.25, 0.3) is 0 Å². The molecule has 0 aromatic rings. The minimum Gasteiger partial charge on any atom is -0.300 e. The summed E-state index contributed by atoms with van der Waals surface area (Å²) >= 11 is 0. The second-order valence-electron chi connectivity index (χ2n) is 2.01. The fourth-order valence-corrected chi connectivity index (χ4v) is 0.458. The van der Waals surface area contributed by atoms with Crippen LogP contribution in [0.15, 0.2) is 0 Å². The standard InChI is InChI=1S/C6H9F3O/c1-2-5(10)3-4-6(7,8)9/h2-4H2,1H3. The fraction of sp³-hybridized carbons (Fsp3) is 0.833. The van der Waals surface area contributed by atoms with Gasteiger partial charge < -0.3 is 0 Å². The number of carbonyl (C=O) groups is 1. The van der Waals surface area contributed by atoms with E-state index in [1.807, 2.05) is 0 Å². The minimum atomic E-state index is -4.19. The maximum Gasteiger partial charge on any atom is 0.389 e. The molecular formula is C6H9F3O. The highest BCUT2D eigenvalue weighted by atomic mass is 19.4. The van der Waals surface area contributed by atoms with Gasteiger partial charge in [0.2, 0.25) is 0 Å². The first-order valence-corrected chi connectivity index (χ1v) is 3.04. The van der Waals surface area contributed by atoms with Gasteiger partial charge in [-0.25, -0.2) is 0 Å². The van der Waals surface area contributed by atoms with Gasteiger partial charge in [-0.1, -0.05) is 6.92 Å². The quantitative estimate of drug-likeness (QED) is 0.609. The number of ketones is 1. The van der Waals surface area contributed by atoms with Crippen LogP contribution in [0.5, 0.6) is 0 Å². The lowest BCUT2D eigenvalue weighted by molar-refractivity contribution is -0.143. The van der Waals surface area contributed by atoms with E-state index in [1.165, 1.54) is 0 Å². The summed E-state index contributed by atoms with van der Waals surface area (Å²) < 4.78 is 34.2. The molecule has 60 valence electrons. The summed E-state index contributed by atoms with van der Waals surface area (Å²) in [4.78, 5) is 10.4. The van der Waals surface area contributed by atoms with Crippen LogP contribution in [0, 0.1) is 0 Å². The van der Waals surface area contributed by atoms with E-state index in [9.17, 15) is 18.0 Å². The molecule has 0 aliphatic heterocycles. The van der Waals surface area contributed by atoms with Crippen molar-refractivity contribution in [2.24, 2.45) is 0 Å². The third kappa shape index (κ3) is 5.59. The second-order valence-corrected chi connectivity index (χ2v) is 2.01. The highest BCUT2D eigenvalue weighted by molar-refractivity contribution is 5.77. The summed E-state index contributed by atoms with van der Waals surface area (Å²) in [6.45, 7) is 1.55. The van der Waals surface area contributed by atoms with Gasteiger partial charge in [0.05, 0.1) is 6.42 Å². The lowest BCUT2D eigenvalue weighted by Crippen LogP contribution is -2.09. The van der Waals surface area contributed by atoms with E-state index < -0.39 is 12.6 Å². The van der Waals surface area contributed by atoms with E-state index in [2.05, 4.69) is 0 Å². The van der Waals surface area contributed by atoms with Crippen molar-refractivity contribution >= 4 is 5.78 Å². The fourth-order valence-electron chi connectivity index (χ4n) is 0.458. The number of hydrogen-bond acceptors (Lipinski definition) is 1. The third-order valence-corrected chi connectivity index (χ3v) is 1.08. The average Bonchev–Trinajstić information content (AvgIpc) is 1.81. The summed E-state index contributed by atoms with van der Waals surface area (Å²) in [5.41, 5.74) is 0. The van der Waals surface area contributed by atoms with Gasteiger partial charge in [0.15, 0.2) is 0 Å². The molecule has 0 saturated carbocycles. The molecule has 0 aliphatic carbocycles. The maximum atomic E-state index is 11.4. The number of hydrogen-bond donors (Lipinski definition) is 0. The van der Waals surface area contributed by atoms with Crippen molar-refractivity contribution in [3.05, 3.63) is 0 Å². The van der Waals surface area contributed by atoms with E-state index in [-0.39, 0.29) is 18.6 Å². The molecule has 0 N–H and O–H groups in total. The van der Waals surface area contributed by atoms with E-state index >= 15 is 0 Å². The van der Waals surface area contributed by atoms with Gasteiger partial charge in [0.1, 0.15) is 5.78 Å². The molecule has 0 fully saturated rings. The van der Waals surface area contributed by atoms with Crippen LogP contribution in [0.1, 0.15) is 26.2 Å². The van der Waals surface area contributed by atoms with Gasteiger partial charge in [-0.05, 0) is 0 Å². The lowest BCUT2D eigenvalue weighted by atomic mass is 10.2. The molecule has 1 nitrogen and oxygen atoms in total. The van der Waals surface area contributed by atoms with Crippen LogP contribution in [-0.2, 0) is 4.79 Å². The average molecular weight is 154 g/mol. The molecule has 0 bridgehead atoms. The van der Waals surface area contributed by atoms with E-state index in [0.29, 0.717) is 0 Å². The van der Waals surface area contributed by atoms with Crippen molar-refractivity contribution in [2.75, 3.05) is 0 Å². The van der Waals surface area contributed by atoms with Crippen LogP contribution >= 0.6 is 0 Å². The predicted molar refractivity (Wildman–Crippen MR) is 30.6 cm³/mol. The zero-order valence-electron chi connectivity index (χ0n) is 5.66. The molecule has 0 rings (SSSR count). The lowest BCUT2D eigenvalue weighted by Gasteiger charge is -2.02. The Hall–Kier alpha value is -0.540. The largest absolute Gasteiger partial charge is 0.389 e. The van der Waals surface area contributed by atoms with Crippen molar-refractivity contribution in [3.63, 3.8) is 0 Å². The third-order valence-electron chi connectivity index (χ3n) is 1.08. The molecule has 0 heterocycles. The maximum absolute atomic E-state index is 11.4. The Labute approximate surface area is 57.2 Å². The molecular weight excluding hydrogens is 145 g/mol. The number of rotatable bonds is 3. The van der Waals surface area contributed by atoms with Crippen LogP contribution in [0.4, 0.5) is 13.2 Å². The Balaban J connectivity index is 3.46. The van der Waals surface area contributed by atoms with Gasteiger partial charge in [-0.15, -0.1) is 0 Å². The summed E-state index contributed by atoms with van der Waals surface area (Å²) in [5.74, 6) is -0.336. The molecule has 0 atom stereocenters. The molecule has 0 amide bonds. The van der Waals surface area contributed by atoms with Crippen molar-refractivity contribution in [1.82, 2.24) is 0 Å². The number of carbonyl (C=O) groups excluding carboxylic acids is 1. The summed E-state index contributed by atoms with van der Waals surface area (Å²) in [6.07, 6.45) is -5.36. The van der Waals surface area contributed by atoms with Gasteiger partial charge in [-0.2, -0.15) is 13.2 Å². The second kappa shape index (κ2) is 3.58. The first-order valence-electron chi connectivity index (χ1n) is 3.04. The van der Waals surface area contributed by atoms with Crippen molar-refractivity contribution < 1.29 is 18.0 Å². The van der Waals surface area contributed by atoms with Crippen LogP contribution in [0.2, 0.25) is 0 Å². The Morgan fingerprint density at radius 3 is 2.20 bits per heavy atom. The Morgan fingerprint density at radius 2 is 1.90 bits per heavy atom. The van der Waals surface area contributed by atoms with E-state index in [0.717, 1.165) is 0 Å². The molecule has 4 heteroatoms. The van der Waals surface area contributed by atoms with Crippen molar-refractivity contribution in [3.8, 4) is 0 Å². The zero-order valence-corrected chi connectivity index (χ0v) is 5.66. The number of halogens is 3. The predicted octanol–water partition coefficient (Wildman–Crippen LogP) is 2.31. The summed E-state index contributed by atoms with van der Waals surface area (Å²) in [5, 5.41) is 0. The summed E-state index contributed by atoms with van der Waals surface area (Å²) in [6, 6.07) is 0. The van der Waals surface area contributed by atoms with Gasteiger partial charge in [-0.3, -0.25) is 4.79 Å². The molecule has 0 aromatic heterocycles. The van der Waals surface area contributed by atoms with Gasteiger partial charge in [0.25, 0.3) is 0 Å². The van der Waals surface area contributed by atoms with Crippen LogP contribution in [0.3, 0.4) is 0 Å². The van der Waals surface area contributed by atoms with Crippen molar-refractivity contribution in [1.29, 1.82) is 0 Å². The number of alkyl halides is 3. The van der Waals surface area contributed by atoms with Crippen molar-refractivity contribution in [2.45, 2.75) is 32.4 Å². The SMILES string of the molecule is CCC(=O)CCC(F)(F)F.